The van der Waals surface area contributed by atoms with Crippen LogP contribution in [0.1, 0.15) is 0 Å². The van der Waals surface area contributed by atoms with Gasteiger partial charge in [0.1, 0.15) is 0 Å². The fourth-order valence-electron chi connectivity index (χ4n) is 0.590. The summed E-state index contributed by atoms with van der Waals surface area (Å²) in [6.07, 6.45) is 0. The second-order valence-electron chi connectivity index (χ2n) is 1.66. The minimum atomic E-state index is 0.847. The van der Waals surface area contributed by atoms with E-state index in [2.05, 4.69) is 28.1 Å². The maximum atomic E-state index is 4.40. The Kier molecular flexibility index (Phi) is 2.60. The van der Waals surface area contributed by atoms with Crippen molar-refractivity contribution in [3.63, 3.8) is 0 Å². The first-order chi connectivity index (χ1) is 4.93. The number of hydrogen-bond acceptors (Lipinski definition) is 2. The van der Waals surface area contributed by atoms with E-state index < -0.39 is 0 Å². The molecule has 0 heterocycles. The number of para-hydroxylation sites is 1. The topological polar surface area (TPSA) is 12.4 Å². The summed E-state index contributed by atoms with van der Waals surface area (Å²) >= 11 is 4.40. The Bertz CT molecular complexity index is 279. The van der Waals surface area contributed by atoms with E-state index in [1.807, 2.05) is 30.3 Å². The van der Waals surface area contributed by atoms with E-state index in [1.165, 1.54) is 0 Å². The first-order valence-corrected chi connectivity index (χ1v) is 3.22. The van der Waals surface area contributed by atoms with Crippen LogP contribution in [0.3, 0.4) is 0 Å². The Balaban J connectivity index is 2.97. The van der Waals surface area contributed by atoms with Crippen molar-refractivity contribution in [2.24, 2.45) is 4.99 Å². The van der Waals surface area contributed by atoms with Gasteiger partial charge in [-0.05, 0) is 24.4 Å². The fourth-order valence-corrected chi connectivity index (χ4v) is 0.636. The van der Waals surface area contributed by atoms with Crippen LogP contribution in [0.25, 0.3) is 0 Å². The second-order valence-corrected chi connectivity index (χ2v) is 1.87. The zero-order chi connectivity index (χ0) is 7.23. The molecular formula is C8H5NS. The molecule has 0 aromatic heterocycles. The molecule has 0 N–H and O–H groups in total. The van der Waals surface area contributed by atoms with Crippen molar-refractivity contribution in [1.29, 1.82) is 0 Å². The Hall–Kier alpha value is -1.20. The van der Waals surface area contributed by atoms with E-state index >= 15 is 0 Å². The van der Waals surface area contributed by atoms with Gasteiger partial charge in [-0.15, -0.1) is 0 Å². The zero-order valence-corrected chi connectivity index (χ0v) is 6.06. The predicted molar refractivity (Wildman–Crippen MR) is 46.1 cm³/mol. The van der Waals surface area contributed by atoms with Gasteiger partial charge in [-0.1, -0.05) is 18.2 Å². The SMILES string of the molecule is S=C=C=Nc1ccccc1. The van der Waals surface area contributed by atoms with Gasteiger partial charge in [0.2, 0.25) is 0 Å². The first kappa shape index (κ1) is 6.91. The Morgan fingerprint density at radius 3 is 2.50 bits per heavy atom. The van der Waals surface area contributed by atoms with Crippen LogP contribution in [-0.2, 0) is 0 Å². The van der Waals surface area contributed by atoms with Gasteiger partial charge in [-0.3, -0.25) is 0 Å². The summed E-state index contributed by atoms with van der Waals surface area (Å²) in [6, 6.07) is 9.49. The molecule has 0 aliphatic carbocycles. The number of thiocarbonyl (C=S) groups is 1. The molecule has 1 aromatic rings. The molecule has 1 rings (SSSR count). The van der Waals surface area contributed by atoms with Gasteiger partial charge in [-0.25, -0.2) is 0 Å². The van der Waals surface area contributed by atoms with Gasteiger partial charge in [0.25, 0.3) is 0 Å². The van der Waals surface area contributed by atoms with Gasteiger partial charge >= 0.3 is 0 Å². The van der Waals surface area contributed by atoms with Crippen LogP contribution in [0.5, 0.6) is 0 Å². The van der Waals surface area contributed by atoms with Gasteiger partial charge < -0.3 is 0 Å². The summed E-state index contributed by atoms with van der Waals surface area (Å²) in [5.74, 6) is 2.45. The minimum absolute atomic E-state index is 0.847. The van der Waals surface area contributed by atoms with Gasteiger partial charge in [0.15, 0.2) is 0 Å². The van der Waals surface area contributed by atoms with Gasteiger partial charge in [-0.2, -0.15) is 4.99 Å². The van der Waals surface area contributed by atoms with Gasteiger partial charge in [0, 0.05) is 5.02 Å². The highest BCUT2D eigenvalue weighted by atomic mass is 32.1. The van der Waals surface area contributed by atoms with E-state index in [9.17, 15) is 0 Å². The van der Waals surface area contributed by atoms with Crippen molar-refractivity contribution >= 4 is 28.8 Å². The second kappa shape index (κ2) is 3.76. The number of nitrogens with zero attached hydrogens (tertiary/aromatic N) is 1. The lowest BCUT2D eigenvalue weighted by Crippen LogP contribution is -1.60. The van der Waals surface area contributed by atoms with Crippen molar-refractivity contribution in [2.45, 2.75) is 0 Å². The molecule has 0 unspecified atom stereocenters. The molecule has 0 amide bonds. The van der Waals surface area contributed by atoms with Crippen molar-refractivity contribution in [3.8, 4) is 0 Å². The van der Waals surface area contributed by atoms with E-state index in [-0.39, 0.29) is 0 Å². The van der Waals surface area contributed by atoms with Crippen molar-refractivity contribution in [1.82, 2.24) is 0 Å². The fraction of sp³-hybridized carbons (Fsp3) is 0. The predicted octanol–water partition coefficient (Wildman–Crippen LogP) is 2.14. The molecule has 0 saturated carbocycles. The third kappa shape index (κ3) is 1.96. The average Bonchev–Trinajstić information content (AvgIpc) is 2.03. The average molecular weight is 147 g/mol. The lowest BCUT2D eigenvalue weighted by molar-refractivity contribution is 1.55. The summed E-state index contributed by atoms with van der Waals surface area (Å²) < 4.78 is 0. The molecular weight excluding hydrogens is 142 g/mol. The molecule has 0 aliphatic rings. The first-order valence-electron chi connectivity index (χ1n) is 2.81. The highest BCUT2D eigenvalue weighted by Gasteiger charge is 1.79. The zero-order valence-electron chi connectivity index (χ0n) is 5.24. The highest BCUT2D eigenvalue weighted by Crippen LogP contribution is 2.07. The Morgan fingerprint density at radius 2 is 1.90 bits per heavy atom. The largest absolute Gasteiger partial charge is 0.197 e. The van der Waals surface area contributed by atoms with Gasteiger partial charge in [0.05, 0.1) is 11.6 Å². The molecule has 1 nitrogen and oxygen atoms in total. The monoisotopic (exact) mass is 147 g/mol. The summed E-state index contributed by atoms with van der Waals surface area (Å²) in [6.45, 7) is 0. The number of aliphatic imine (C=N–C) groups is 1. The number of hydrogen-bond donors (Lipinski definition) is 0. The molecule has 48 valence electrons. The molecule has 0 saturated heterocycles. The molecule has 2 heteroatoms. The Morgan fingerprint density at radius 1 is 1.20 bits per heavy atom. The number of benzene rings is 1. The van der Waals surface area contributed by atoms with Crippen molar-refractivity contribution in [2.75, 3.05) is 0 Å². The third-order valence-electron chi connectivity index (χ3n) is 0.987. The molecule has 1 aromatic carbocycles. The van der Waals surface area contributed by atoms with Crippen LogP contribution in [-0.4, -0.2) is 10.9 Å². The molecule has 0 atom stereocenters. The highest BCUT2D eigenvalue weighted by molar-refractivity contribution is 7.78. The molecule has 0 spiro atoms. The van der Waals surface area contributed by atoms with E-state index in [0.29, 0.717) is 0 Å². The van der Waals surface area contributed by atoms with Crippen LogP contribution >= 0.6 is 12.2 Å². The summed E-state index contributed by atoms with van der Waals surface area (Å²) in [5, 5.41) is 2.28. The van der Waals surface area contributed by atoms with Crippen LogP contribution in [0.2, 0.25) is 0 Å². The summed E-state index contributed by atoms with van der Waals surface area (Å²) in [7, 11) is 0. The normalized spacial score (nSPS) is 7.60. The molecule has 0 bridgehead atoms. The summed E-state index contributed by atoms with van der Waals surface area (Å²) in [5.41, 5.74) is 0.847. The standard InChI is InChI=1S/C8H5NS/c10-7-6-9-8-4-2-1-3-5-8/h1-5H. The van der Waals surface area contributed by atoms with Crippen molar-refractivity contribution in [3.05, 3.63) is 30.3 Å². The van der Waals surface area contributed by atoms with E-state index in [1.54, 1.807) is 0 Å². The lowest BCUT2D eigenvalue weighted by atomic mass is 10.3. The quantitative estimate of drug-likeness (QED) is 0.438. The third-order valence-corrected chi connectivity index (χ3v) is 1.08. The van der Waals surface area contributed by atoms with E-state index in [4.69, 9.17) is 0 Å². The smallest absolute Gasteiger partial charge is 0.0737 e. The van der Waals surface area contributed by atoms with Crippen LogP contribution in [0, 0.1) is 0 Å². The lowest BCUT2D eigenvalue weighted by Gasteiger charge is -1.84. The molecule has 10 heavy (non-hydrogen) atoms. The van der Waals surface area contributed by atoms with Crippen LogP contribution < -0.4 is 0 Å². The summed E-state index contributed by atoms with van der Waals surface area (Å²) in [4.78, 5) is 3.86. The van der Waals surface area contributed by atoms with E-state index in [0.717, 1.165) is 5.69 Å². The van der Waals surface area contributed by atoms with Crippen LogP contribution in [0.15, 0.2) is 35.3 Å². The molecule has 0 aliphatic heterocycles. The minimum Gasteiger partial charge on any atom is -0.197 e. The maximum absolute atomic E-state index is 4.40. The molecule has 0 radical (unpaired) electrons. The van der Waals surface area contributed by atoms with Crippen LogP contribution in [0.4, 0.5) is 5.69 Å². The number of rotatable bonds is 1. The maximum Gasteiger partial charge on any atom is 0.0737 e. The molecule has 0 fully saturated rings. The Labute approximate surface area is 64.7 Å². The van der Waals surface area contributed by atoms with Crippen molar-refractivity contribution < 1.29 is 0 Å².